The topological polar surface area (TPSA) is 82.6 Å². The Morgan fingerprint density at radius 3 is 3.04 bits per heavy atom. The van der Waals surface area contributed by atoms with Gasteiger partial charge in [0.05, 0.1) is 18.2 Å². The molecule has 7 heteroatoms. The fourth-order valence-corrected chi connectivity index (χ4v) is 3.65. The first-order valence-electron chi connectivity index (χ1n) is 8.46. The van der Waals surface area contributed by atoms with Crippen LogP contribution in [-0.2, 0) is 16.9 Å². The minimum Gasteiger partial charge on any atom is -0.438 e. The summed E-state index contributed by atoms with van der Waals surface area (Å²) in [5.41, 5.74) is 4.09. The molecule has 0 fully saturated rings. The van der Waals surface area contributed by atoms with Gasteiger partial charge in [-0.25, -0.2) is 0 Å². The summed E-state index contributed by atoms with van der Waals surface area (Å²) in [6.45, 7) is 2.11. The Hall–Kier alpha value is -3.22. The van der Waals surface area contributed by atoms with Gasteiger partial charge in [-0.2, -0.15) is 0 Å². The molecule has 1 atom stereocenters. The zero-order valence-electron chi connectivity index (χ0n) is 14.2. The lowest BCUT2D eigenvalue weighted by atomic mass is 9.92. The summed E-state index contributed by atoms with van der Waals surface area (Å²) in [6, 6.07) is 8.28. The molecule has 0 saturated carbocycles. The van der Waals surface area contributed by atoms with Gasteiger partial charge in [-0.15, -0.1) is 10.2 Å². The second-order valence-corrected chi connectivity index (χ2v) is 6.66. The van der Waals surface area contributed by atoms with Crippen LogP contribution >= 0.6 is 0 Å². The third kappa shape index (κ3) is 2.44. The summed E-state index contributed by atoms with van der Waals surface area (Å²) >= 11 is 0. The maximum Gasteiger partial charge on any atom is 0.249 e. The molecule has 7 nitrogen and oxygen atoms in total. The van der Waals surface area contributed by atoms with Crippen molar-refractivity contribution in [2.75, 3.05) is 0 Å². The van der Waals surface area contributed by atoms with Crippen molar-refractivity contribution in [2.45, 2.75) is 31.8 Å². The van der Waals surface area contributed by atoms with Crippen molar-refractivity contribution in [3.8, 4) is 17.2 Å². The van der Waals surface area contributed by atoms with E-state index in [2.05, 4.69) is 45.5 Å². The van der Waals surface area contributed by atoms with Crippen molar-refractivity contribution < 1.29 is 14.0 Å². The lowest BCUT2D eigenvalue weighted by Crippen LogP contribution is -2.24. The van der Waals surface area contributed by atoms with Gasteiger partial charge in [0.2, 0.25) is 18.2 Å². The molecule has 2 aromatic heterocycles. The van der Waals surface area contributed by atoms with E-state index in [-0.39, 0.29) is 0 Å². The molecular formula is C19H16N4O3. The van der Waals surface area contributed by atoms with Crippen molar-refractivity contribution in [2.24, 2.45) is 5.16 Å². The molecule has 1 aliphatic heterocycles. The highest BCUT2D eigenvalue weighted by molar-refractivity contribution is 5.81. The number of hydrogen-bond acceptors (Lipinski definition) is 7. The van der Waals surface area contributed by atoms with E-state index < -0.39 is 5.60 Å². The normalized spacial score (nSPS) is 20.7. The quantitative estimate of drug-likeness (QED) is 0.706. The molecule has 0 unspecified atom stereocenters. The van der Waals surface area contributed by atoms with Gasteiger partial charge in [0.25, 0.3) is 0 Å². The Morgan fingerprint density at radius 2 is 2.15 bits per heavy atom. The van der Waals surface area contributed by atoms with Crippen LogP contribution in [-0.4, -0.2) is 21.1 Å². The highest BCUT2D eigenvalue weighted by atomic mass is 16.7. The Labute approximate surface area is 149 Å². The van der Waals surface area contributed by atoms with E-state index in [4.69, 9.17) is 14.0 Å². The number of aromatic nitrogens is 3. The van der Waals surface area contributed by atoms with Crippen LogP contribution in [0.3, 0.4) is 0 Å². The van der Waals surface area contributed by atoms with E-state index in [1.807, 2.05) is 0 Å². The summed E-state index contributed by atoms with van der Waals surface area (Å²) in [5, 5.41) is 11.8. The van der Waals surface area contributed by atoms with Crippen LogP contribution in [0.4, 0.5) is 0 Å². The highest BCUT2D eigenvalue weighted by Crippen LogP contribution is 2.46. The van der Waals surface area contributed by atoms with Gasteiger partial charge >= 0.3 is 0 Å². The van der Waals surface area contributed by atoms with E-state index in [0.717, 1.165) is 12.8 Å². The number of pyridine rings is 1. The predicted molar refractivity (Wildman–Crippen MR) is 92.5 cm³/mol. The standard InChI is InChI=1S/C19H16N4O3/c1-12-2-3-16-13(6-12)4-5-19(16)8-17(23-26-19)25-15-7-14(9-20-10-15)18-22-21-11-24-18/h2-3,6-7,9-11H,4-5,8H2,1H3/t19-/m0/s1. The molecule has 5 rings (SSSR count). The minimum atomic E-state index is -0.407. The molecule has 2 aliphatic rings. The van der Waals surface area contributed by atoms with Gasteiger partial charge in [-0.3, -0.25) is 4.98 Å². The second-order valence-electron chi connectivity index (χ2n) is 6.66. The Morgan fingerprint density at radius 1 is 1.19 bits per heavy atom. The Balaban J connectivity index is 1.36. The van der Waals surface area contributed by atoms with E-state index in [9.17, 15) is 0 Å². The van der Waals surface area contributed by atoms with E-state index in [1.165, 1.54) is 23.1 Å². The molecule has 1 spiro atoms. The third-order valence-electron chi connectivity index (χ3n) is 4.86. The lowest BCUT2D eigenvalue weighted by molar-refractivity contribution is -0.0215. The number of hydrogen-bond donors (Lipinski definition) is 0. The van der Waals surface area contributed by atoms with Crippen molar-refractivity contribution >= 4 is 5.90 Å². The van der Waals surface area contributed by atoms with Crippen molar-refractivity contribution in [1.29, 1.82) is 0 Å². The zero-order chi connectivity index (χ0) is 17.6. The highest BCUT2D eigenvalue weighted by Gasteiger charge is 2.46. The number of ether oxygens (including phenoxy) is 1. The van der Waals surface area contributed by atoms with Crippen LogP contribution in [0.15, 0.2) is 52.6 Å². The first kappa shape index (κ1) is 15.1. The first-order valence-corrected chi connectivity index (χ1v) is 8.46. The van der Waals surface area contributed by atoms with E-state index >= 15 is 0 Å². The first-order chi connectivity index (χ1) is 12.7. The van der Waals surface area contributed by atoms with Gasteiger partial charge in [-0.05, 0) is 31.4 Å². The third-order valence-corrected chi connectivity index (χ3v) is 4.86. The maximum atomic E-state index is 5.91. The summed E-state index contributed by atoms with van der Waals surface area (Å²) in [5.74, 6) is 1.49. The summed E-state index contributed by atoms with van der Waals surface area (Å²) in [4.78, 5) is 10.0. The van der Waals surface area contributed by atoms with Crippen LogP contribution in [0, 0.1) is 6.92 Å². The van der Waals surface area contributed by atoms with Gasteiger partial charge in [-0.1, -0.05) is 28.9 Å². The van der Waals surface area contributed by atoms with Crippen LogP contribution in [0.5, 0.6) is 5.75 Å². The molecule has 0 amide bonds. The van der Waals surface area contributed by atoms with E-state index in [1.54, 1.807) is 18.5 Å². The summed E-state index contributed by atoms with van der Waals surface area (Å²) in [6.07, 6.45) is 7.05. The van der Waals surface area contributed by atoms with Crippen LogP contribution in [0.25, 0.3) is 11.5 Å². The Bertz CT molecular complexity index is 1000. The molecule has 26 heavy (non-hydrogen) atoms. The lowest BCUT2D eigenvalue weighted by Gasteiger charge is -2.21. The van der Waals surface area contributed by atoms with Gasteiger partial charge in [0.1, 0.15) is 5.75 Å². The van der Waals surface area contributed by atoms with E-state index in [0.29, 0.717) is 29.5 Å². The fourth-order valence-electron chi connectivity index (χ4n) is 3.65. The van der Waals surface area contributed by atoms with Gasteiger partial charge in [0, 0.05) is 11.8 Å². The number of fused-ring (bicyclic) bond motifs is 2. The maximum absolute atomic E-state index is 5.91. The largest absolute Gasteiger partial charge is 0.438 e. The number of oxime groups is 1. The van der Waals surface area contributed by atoms with Crippen molar-refractivity contribution in [3.05, 3.63) is 59.7 Å². The second kappa shape index (κ2) is 5.66. The summed E-state index contributed by atoms with van der Waals surface area (Å²) < 4.78 is 11.1. The molecule has 1 aromatic carbocycles. The molecule has 1 aliphatic carbocycles. The fraction of sp³-hybridized carbons (Fsp3) is 0.263. The van der Waals surface area contributed by atoms with Gasteiger partial charge in [0.15, 0.2) is 5.60 Å². The molecule has 3 aromatic rings. The van der Waals surface area contributed by atoms with Crippen molar-refractivity contribution in [3.63, 3.8) is 0 Å². The van der Waals surface area contributed by atoms with Crippen LogP contribution in [0.1, 0.15) is 29.5 Å². The molecule has 130 valence electrons. The smallest absolute Gasteiger partial charge is 0.249 e. The number of nitrogens with zero attached hydrogens (tertiary/aromatic N) is 4. The van der Waals surface area contributed by atoms with Crippen LogP contribution in [0.2, 0.25) is 0 Å². The molecule has 0 saturated heterocycles. The molecular weight excluding hydrogens is 332 g/mol. The average molecular weight is 348 g/mol. The Kier molecular flexibility index (Phi) is 3.28. The molecule has 3 heterocycles. The zero-order valence-corrected chi connectivity index (χ0v) is 14.2. The minimum absolute atomic E-state index is 0.393. The molecule has 0 N–H and O–H groups in total. The predicted octanol–water partition coefficient (Wildman–Crippen LogP) is 3.39. The van der Waals surface area contributed by atoms with Gasteiger partial charge < -0.3 is 14.0 Å². The summed E-state index contributed by atoms with van der Waals surface area (Å²) in [7, 11) is 0. The molecule has 0 radical (unpaired) electrons. The average Bonchev–Trinajstić information content (AvgIpc) is 3.38. The molecule has 0 bridgehead atoms. The van der Waals surface area contributed by atoms with Crippen molar-refractivity contribution in [1.82, 2.24) is 15.2 Å². The monoisotopic (exact) mass is 348 g/mol. The number of benzene rings is 1. The SMILES string of the molecule is Cc1ccc2c(c1)CC[C@]21CC(Oc2cncc(-c3nnco3)c2)=NO1. The number of aryl methyl sites for hydroxylation is 2. The van der Waals surface area contributed by atoms with Crippen LogP contribution < -0.4 is 4.74 Å². The number of rotatable bonds is 2.